The summed E-state index contributed by atoms with van der Waals surface area (Å²) in [6, 6.07) is 7.10. The molecular weight excluding hydrogens is 246 g/mol. The van der Waals surface area contributed by atoms with Crippen LogP contribution in [-0.4, -0.2) is 14.2 Å². The molecule has 0 fully saturated rings. The van der Waals surface area contributed by atoms with Gasteiger partial charge in [-0.25, -0.2) is 13.1 Å². The fourth-order valence-corrected chi connectivity index (χ4v) is 2.80. The summed E-state index contributed by atoms with van der Waals surface area (Å²) in [6.07, 6.45) is 0. The molecule has 0 aliphatic carbocycles. The van der Waals surface area contributed by atoms with E-state index in [2.05, 4.69) is 4.72 Å². The molecule has 0 spiro atoms. The SMILES string of the molecule is CC(C)CS(=O)(=O)NCc1ccc(Cl)cc1. The van der Waals surface area contributed by atoms with Crippen LogP contribution in [0.1, 0.15) is 19.4 Å². The summed E-state index contributed by atoms with van der Waals surface area (Å²) >= 11 is 5.73. The van der Waals surface area contributed by atoms with Gasteiger partial charge in [0.25, 0.3) is 0 Å². The maximum atomic E-state index is 11.5. The normalized spacial score (nSPS) is 12.0. The number of hydrogen-bond acceptors (Lipinski definition) is 2. The highest BCUT2D eigenvalue weighted by Crippen LogP contribution is 2.09. The van der Waals surface area contributed by atoms with Gasteiger partial charge in [-0.3, -0.25) is 0 Å². The molecule has 0 aromatic heterocycles. The van der Waals surface area contributed by atoms with E-state index < -0.39 is 10.0 Å². The van der Waals surface area contributed by atoms with Gasteiger partial charge >= 0.3 is 0 Å². The minimum atomic E-state index is -3.17. The van der Waals surface area contributed by atoms with Crippen molar-refractivity contribution in [3.63, 3.8) is 0 Å². The summed E-state index contributed by atoms with van der Waals surface area (Å²) in [5, 5.41) is 0.647. The van der Waals surface area contributed by atoms with Crippen LogP contribution in [0, 0.1) is 5.92 Å². The van der Waals surface area contributed by atoms with E-state index in [1.165, 1.54) is 0 Å². The molecule has 0 aliphatic heterocycles. The molecule has 0 atom stereocenters. The van der Waals surface area contributed by atoms with Gasteiger partial charge in [0.05, 0.1) is 5.75 Å². The maximum Gasteiger partial charge on any atom is 0.212 e. The van der Waals surface area contributed by atoms with Crippen molar-refractivity contribution in [1.82, 2.24) is 4.72 Å². The molecule has 1 rings (SSSR count). The summed E-state index contributed by atoms with van der Waals surface area (Å²) in [6.45, 7) is 4.06. The fourth-order valence-electron chi connectivity index (χ4n) is 1.29. The second-order valence-corrected chi connectivity index (χ2v) is 6.41. The molecular formula is C11H16ClNO2S. The molecule has 0 saturated heterocycles. The number of hydrogen-bond donors (Lipinski definition) is 1. The van der Waals surface area contributed by atoms with Gasteiger partial charge in [-0.2, -0.15) is 0 Å². The van der Waals surface area contributed by atoms with Gasteiger partial charge in [-0.05, 0) is 23.6 Å². The van der Waals surface area contributed by atoms with E-state index in [1.807, 2.05) is 13.8 Å². The fraction of sp³-hybridized carbons (Fsp3) is 0.455. The lowest BCUT2D eigenvalue weighted by molar-refractivity contribution is 0.568. The molecule has 0 unspecified atom stereocenters. The Morgan fingerprint density at radius 3 is 2.31 bits per heavy atom. The van der Waals surface area contributed by atoms with Crippen LogP contribution in [0.2, 0.25) is 5.02 Å². The van der Waals surface area contributed by atoms with E-state index >= 15 is 0 Å². The van der Waals surface area contributed by atoms with Crippen molar-refractivity contribution in [2.24, 2.45) is 5.92 Å². The van der Waals surface area contributed by atoms with Crippen LogP contribution in [0.15, 0.2) is 24.3 Å². The molecule has 16 heavy (non-hydrogen) atoms. The topological polar surface area (TPSA) is 46.2 Å². The zero-order chi connectivity index (χ0) is 12.2. The van der Waals surface area contributed by atoms with Gasteiger partial charge in [0.15, 0.2) is 0 Å². The number of nitrogens with one attached hydrogen (secondary N) is 1. The third-order valence-electron chi connectivity index (χ3n) is 1.96. The Bertz CT molecular complexity index is 426. The minimum absolute atomic E-state index is 0.128. The Morgan fingerprint density at radius 2 is 1.81 bits per heavy atom. The van der Waals surface area contributed by atoms with Gasteiger partial charge in [0.2, 0.25) is 10.0 Å². The number of benzene rings is 1. The summed E-state index contributed by atoms with van der Waals surface area (Å²) in [5.74, 6) is 0.281. The highest BCUT2D eigenvalue weighted by atomic mass is 35.5. The Kier molecular flexibility index (Phi) is 4.77. The van der Waals surface area contributed by atoms with Gasteiger partial charge < -0.3 is 0 Å². The van der Waals surface area contributed by atoms with E-state index in [-0.39, 0.29) is 11.7 Å². The highest BCUT2D eigenvalue weighted by molar-refractivity contribution is 7.89. The Hall–Kier alpha value is -0.580. The first-order valence-electron chi connectivity index (χ1n) is 5.11. The average molecular weight is 262 g/mol. The standard InChI is InChI=1S/C11H16ClNO2S/c1-9(2)8-16(14,15)13-7-10-3-5-11(12)6-4-10/h3-6,9,13H,7-8H2,1-2H3. The molecule has 0 aliphatic rings. The molecule has 0 saturated carbocycles. The van der Waals surface area contributed by atoms with Gasteiger partial charge in [-0.1, -0.05) is 37.6 Å². The van der Waals surface area contributed by atoms with Crippen LogP contribution in [0.3, 0.4) is 0 Å². The molecule has 3 nitrogen and oxygen atoms in total. The monoisotopic (exact) mass is 261 g/mol. The van der Waals surface area contributed by atoms with Crippen molar-refractivity contribution in [2.75, 3.05) is 5.75 Å². The molecule has 0 amide bonds. The van der Waals surface area contributed by atoms with E-state index in [0.717, 1.165) is 5.56 Å². The first-order valence-corrected chi connectivity index (χ1v) is 7.14. The number of rotatable bonds is 5. The molecule has 5 heteroatoms. The predicted molar refractivity (Wildman–Crippen MR) is 66.9 cm³/mol. The molecule has 1 aromatic carbocycles. The largest absolute Gasteiger partial charge is 0.212 e. The maximum absolute atomic E-state index is 11.5. The molecule has 0 bridgehead atoms. The Balaban J connectivity index is 2.54. The third-order valence-corrected chi connectivity index (χ3v) is 3.90. The van der Waals surface area contributed by atoms with E-state index in [9.17, 15) is 8.42 Å². The van der Waals surface area contributed by atoms with Crippen LogP contribution < -0.4 is 4.72 Å². The summed E-state index contributed by atoms with van der Waals surface area (Å²) in [7, 11) is -3.17. The Labute approximate surface area is 102 Å². The quantitative estimate of drug-likeness (QED) is 0.885. The predicted octanol–water partition coefficient (Wildman–Crippen LogP) is 2.42. The van der Waals surface area contributed by atoms with Crippen molar-refractivity contribution in [1.29, 1.82) is 0 Å². The van der Waals surface area contributed by atoms with Crippen LogP contribution in [-0.2, 0) is 16.6 Å². The lowest BCUT2D eigenvalue weighted by Gasteiger charge is -2.08. The molecule has 0 radical (unpaired) electrons. The van der Waals surface area contributed by atoms with Crippen LogP contribution in [0.25, 0.3) is 0 Å². The molecule has 0 heterocycles. The lowest BCUT2D eigenvalue weighted by Crippen LogP contribution is -2.28. The molecule has 1 aromatic rings. The summed E-state index contributed by atoms with van der Waals surface area (Å²) in [5.41, 5.74) is 0.900. The molecule has 90 valence electrons. The lowest BCUT2D eigenvalue weighted by atomic mass is 10.2. The average Bonchev–Trinajstić information content (AvgIpc) is 2.15. The smallest absolute Gasteiger partial charge is 0.212 e. The summed E-state index contributed by atoms with van der Waals surface area (Å²) < 4.78 is 25.6. The van der Waals surface area contributed by atoms with Crippen molar-refractivity contribution in [3.05, 3.63) is 34.9 Å². The second-order valence-electron chi connectivity index (χ2n) is 4.12. The van der Waals surface area contributed by atoms with E-state index in [4.69, 9.17) is 11.6 Å². The van der Waals surface area contributed by atoms with E-state index in [0.29, 0.717) is 11.6 Å². The van der Waals surface area contributed by atoms with Crippen molar-refractivity contribution in [3.8, 4) is 0 Å². The zero-order valence-corrected chi connectivity index (χ0v) is 11.0. The van der Waals surface area contributed by atoms with Gasteiger partial charge in [0, 0.05) is 11.6 Å². The number of halogens is 1. The highest BCUT2D eigenvalue weighted by Gasteiger charge is 2.11. The first kappa shape index (κ1) is 13.5. The van der Waals surface area contributed by atoms with Crippen molar-refractivity contribution < 1.29 is 8.42 Å². The minimum Gasteiger partial charge on any atom is -0.212 e. The number of sulfonamides is 1. The zero-order valence-electron chi connectivity index (χ0n) is 9.40. The van der Waals surface area contributed by atoms with Crippen molar-refractivity contribution >= 4 is 21.6 Å². The third kappa shape index (κ3) is 4.96. The van der Waals surface area contributed by atoms with Crippen LogP contribution in [0.4, 0.5) is 0 Å². The van der Waals surface area contributed by atoms with Crippen LogP contribution >= 0.6 is 11.6 Å². The first-order chi connectivity index (χ1) is 7.39. The molecule has 1 N–H and O–H groups in total. The van der Waals surface area contributed by atoms with Gasteiger partial charge in [0.1, 0.15) is 0 Å². The van der Waals surface area contributed by atoms with Crippen LogP contribution in [0.5, 0.6) is 0 Å². The summed E-state index contributed by atoms with van der Waals surface area (Å²) in [4.78, 5) is 0. The van der Waals surface area contributed by atoms with Gasteiger partial charge in [-0.15, -0.1) is 0 Å². The Morgan fingerprint density at radius 1 is 1.25 bits per heavy atom. The second kappa shape index (κ2) is 5.66. The van der Waals surface area contributed by atoms with E-state index in [1.54, 1.807) is 24.3 Å². The van der Waals surface area contributed by atoms with Crippen molar-refractivity contribution in [2.45, 2.75) is 20.4 Å².